The monoisotopic (exact) mass is 528 g/mol. The van der Waals surface area contributed by atoms with Gasteiger partial charge in [-0.25, -0.2) is 8.42 Å². The number of nitrogens with zero attached hydrogens (tertiary/aromatic N) is 3. The van der Waals surface area contributed by atoms with Crippen LogP contribution in [0.4, 0.5) is 5.13 Å². The minimum absolute atomic E-state index is 0.0310. The van der Waals surface area contributed by atoms with Crippen LogP contribution in [0.2, 0.25) is 0 Å². The largest absolute Gasteiger partial charge is 0.493 e. The minimum Gasteiger partial charge on any atom is -0.493 e. The third-order valence-corrected chi connectivity index (χ3v) is 6.95. The first-order chi connectivity index (χ1) is 17.3. The highest BCUT2D eigenvalue weighted by Gasteiger charge is 2.18. The van der Waals surface area contributed by atoms with Crippen LogP contribution in [0.5, 0.6) is 17.2 Å². The number of rotatable bonds is 12. The second kappa shape index (κ2) is 12.7. The van der Waals surface area contributed by atoms with E-state index >= 15 is 0 Å². The van der Waals surface area contributed by atoms with Crippen molar-refractivity contribution < 1.29 is 27.4 Å². The molecule has 0 aliphatic rings. The first-order valence-corrected chi connectivity index (χ1v) is 13.5. The fourth-order valence-electron chi connectivity index (χ4n) is 2.84. The van der Waals surface area contributed by atoms with Crippen LogP contribution in [-0.2, 0) is 14.6 Å². The van der Waals surface area contributed by atoms with Gasteiger partial charge in [0.25, 0.3) is 5.91 Å². The van der Waals surface area contributed by atoms with Crippen LogP contribution in [0, 0.1) is 11.3 Å². The Morgan fingerprint density at radius 2 is 1.83 bits per heavy atom. The second-order valence-corrected chi connectivity index (χ2v) is 10.4. The van der Waals surface area contributed by atoms with Crippen LogP contribution >= 0.6 is 11.3 Å². The molecule has 0 spiro atoms. The van der Waals surface area contributed by atoms with Gasteiger partial charge < -0.3 is 14.2 Å². The number of nitrogens with one attached hydrogen (secondary N) is 1. The topological polar surface area (TPSA) is 140 Å². The van der Waals surface area contributed by atoms with Gasteiger partial charge in [0.1, 0.15) is 17.4 Å². The number of nitriles is 1. The minimum atomic E-state index is -3.55. The number of sulfone groups is 1. The summed E-state index contributed by atoms with van der Waals surface area (Å²) in [6.45, 7) is 3.13. The van der Waals surface area contributed by atoms with Crippen molar-refractivity contribution in [2.45, 2.75) is 17.7 Å². The molecule has 0 radical (unpaired) electrons. The molecule has 3 rings (SSSR count). The average Bonchev–Trinajstić information content (AvgIpc) is 3.33. The summed E-state index contributed by atoms with van der Waals surface area (Å²) >= 11 is 0.699. The van der Waals surface area contributed by atoms with Crippen LogP contribution in [0.1, 0.15) is 18.9 Å². The molecule has 3 aromatic rings. The summed E-state index contributed by atoms with van der Waals surface area (Å²) in [6.07, 6.45) is 3.03. The predicted octanol–water partition coefficient (Wildman–Crippen LogP) is 3.73. The molecule has 0 aliphatic heterocycles. The second-order valence-electron chi connectivity index (χ2n) is 7.27. The van der Waals surface area contributed by atoms with Gasteiger partial charge in [-0.1, -0.05) is 35.6 Å². The van der Waals surface area contributed by atoms with Crippen LogP contribution in [0.15, 0.2) is 58.4 Å². The third-order valence-electron chi connectivity index (χ3n) is 4.45. The summed E-state index contributed by atoms with van der Waals surface area (Å²) in [6, 6.07) is 16.4. The Hall–Kier alpha value is -3.95. The Kier molecular flexibility index (Phi) is 9.38. The molecule has 2 aromatic carbocycles. The summed E-state index contributed by atoms with van der Waals surface area (Å²) in [5.41, 5.74) is 0.333. The van der Waals surface area contributed by atoms with Gasteiger partial charge in [-0.05, 0) is 42.8 Å². The molecule has 0 saturated heterocycles. The van der Waals surface area contributed by atoms with Crippen molar-refractivity contribution in [1.82, 2.24) is 10.2 Å². The van der Waals surface area contributed by atoms with Crippen molar-refractivity contribution in [3.63, 3.8) is 0 Å². The predicted molar refractivity (Wildman–Crippen MR) is 135 cm³/mol. The smallest absolute Gasteiger partial charge is 0.268 e. The molecule has 36 heavy (non-hydrogen) atoms. The number of benzene rings is 2. The van der Waals surface area contributed by atoms with Gasteiger partial charge in [0.15, 0.2) is 11.5 Å². The van der Waals surface area contributed by atoms with E-state index in [1.165, 1.54) is 6.08 Å². The zero-order valence-corrected chi connectivity index (χ0v) is 21.3. The number of hydrogen-bond donors (Lipinski definition) is 1. The van der Waals surface area contributed by atoms with Gasteiger partial charge >= 0.3 is 0 Å². The summed E-state index contributed by atoms with van der Waals surface area (Å²) in [5.74, 6) is 1.04. The van der Waals surface area contributed by atoms with Crippen LogP contribution in [0.3, 0.4) is 0 Å². The summed E-state index contributed by atoms with van der Waals surface area (Å²) < 4.78 is 40.0. The lowest BCUT2D eigenvalue weighted by molar-refractivity contribution is -0.112. The van der Waals surface area contributed by atoms with Gasteiger partial charge in [-0.3, -0.25) is 10.1 Å². The summed E-state index contributed by atoms with van der Waals surface area (Å²) in [4.78, 5) is 12.5. The standard InChI is InChI=1S/C24H24N4O6S2/c1-3-32-21-15-17(10-11-20(21)34-13-7-12-33-19-8-5-4-6-9-19)14-18(16-25)22(29)26-23-27-28-24(35-23)36(2,30)31/h4-6,8-11,14-15H,3,7,12-13H2,1-2H3,(H,26,27,29). The maximum Gasteiger partial charge on any atom is 0.268 e. The maximum atomic E-state index is 12.5. The first kappa shape index (κ1) is 26.7. The number of amides is 1. The number of carbonyl (C=O) groups excluding carboxylic acids is 1. The quantitative estimate of drug-likeness (QED) is 0.161. The molecule has 1 amide bonds. The van der Waals surface area contributed by atoms with Crippen molar-refractivity contribution in [2.24, 2.45) is 0 Å². The zero-order chi connectivity index (χ0) is 26.0. The highest BCUT2D eigenvalue weighted by Crippen LogP contribution is 2.30. The number of anilines is 1. The van der Waals surface area contributed by atoms with Crippen molar-refractivity contribution in [1.29, 1.82) is 5.26 Å². The number of carbonyl (C=O) groups is 1. The lowest BCUT2D eigenvalue weighted by Crippen LogP contribution is -2.13. The molecule has 188 valence electrons. The van der Waals surface area contributed by atoms with Crippen LogP contribution in [-0.4, -0.2) is 50.6 Å². The van der Waals surface area contributed by atoms with Gasteiger partial charge in [0, 0.05) is 12.7 Å². The Labute approximate surface area is 213 Å². The van der Waals surface area contributed by atoms with Crippen LogP contribution in [0.25, 0.3) is 6.08 Å². The van der Waals surface area contributed by atoms with E-state index in [9.17, 15) is 18.5 Å². The van der Waals surface area contributed by atoms with E-state index in [0.29, 0.717) is 54.6 Å². The first-order valence-electron chi connectivity index (χ1n) is 10.8. The van der Waals surface area contributed by atoms with Gasteiger partial charge in [0.05, 0.1) is 19.8 Å². The molecule has 1 aromatic heterocycles. The SMILES string of the molecule is CCOc1cc(C=C(C#N)C(=O)Nc2nnc(S(C)(=O)=O)s2)ccc1OCCCOc1ccccc1. The molecule has 0 saturated carbocycles. The molecule has 0 fully saturated rings. The van der Waals surface area contributed by atoms with Crippen molar-refractivity contribution in [3.05, 3.63) is 59.7 Å². The molecule has 0 unspecified atom stereocenters. The molecule has 1 heterocycles. The molecule has 0 bridgehead atoms. The molecule has 0 aliphatic carbocycles. The summed E-state index contributed by atoms with van der Waals surface area (Å²) in [7, 11) is -3.55. The Morgan fingerprint density at radius 1 is 1.08 bits per heavy atom. The molecule has 1 N–H and O–H groups in total. The Bertz CT molecular complexity index is 1360. The lowest BCUT2D eigenvalue weighted by Gasteiger charge is -2.13. The maximum absolute atomic E-state index is 12.5. The van der Waals surface area contributed by atoms with E-state index in [1.54, 1.807) is 18.2 Å². The van der Waals surface area contributed by atoms with E-state index in [1.807, 2.05) is 43.3 Å². The average molecular weight is 529 g/mol. The van der Waals surface area contributed by atoms with E-state index < -0.39 is 15.7 Å². The third kappa shape index (κ3) is 7.79. The molecular weight excluding hydrogens is 504 g/mol. The lowest BCUT2D eigenvalue weighted by atomic mass is 10.1. The van der Waals surface area contributed by atoms with E-state index in [-0.39, 0.29) is 15.0 Å². The number of para-hydroxylation sites is 1. The highest BCUT2D eigenvalue weighted by molar-refractivity contribution is 7.92. The van der Waals surface area contributed by atoms with Crippen molar-refractivity contribution >= 4 is 38.3 Å². The van der Waals surface area contributed by atoms with E-state index in [0.717, 1.165) is 12.0 Å². The van der Waals surface area contributed by atoms with Gasteiger partial charge in [-0.15, -0.1) is 10.2 Å². The Balaban J connectivity index is 1.63. The van der Waals surface area contributed by atoms with Crippen LogP contribution < -0.4 is 19.5 Å². The normalized spacial score (nSPS) is 11.4. The molecular formula is C24H24N4O6S2. The van der Waals surface area contributed by atoms with Gasteiger partial charge in [0.2, 0.25) is 19.3 Å². The fourth-order valence-corrected chi connectivity index (χ4v) is 4.34. The fraction of sp³-hybridized carbons (Fsp3) is 0.250. The zero-order valence-electron chi connectivity index (χ0n) is 19.6. The van der Waals surface area contributed by atoms with Crippen molar-refractivity contribution in [3.8, 4) is 23.3 Å². The number of aromatic nitrogens is 2. The van der Waals surface area contributed by atoms with E-state index in [4.69, 9.17) is 14.2 Å². The highest BCUT2D eigenvalue weighted by atomic mass is 32.2. The Morgan fingerprint density at radius 3 is 2.50 bits per heavy atom. The van der Waals surface area contributed by atoms with E-state index in [2.05, 4.69) is 15.5 Å². The number of ether oxygens (including phenoxy) is 3. The summed E-state index contributed by atoms with van der Waals surface area (Å²) in [5, 5.41) is 19.0. The molecule has 10 nitrogen and oxygen atoms in total. The molecule has 12 heteroatoms. The van der Waals surface area contributed by atoms with Gasteiger partial charge in [-0.2, -0.15) is 5.26 Å². The molecule has 0 atom stereocenters. The van der Waals surface area contributed by atoms with Crippen molar-refractivity contribution in [2.75, 3.05) is 31.4 Å². The number of hydrogen-bond acceptors (Lipinski definition) is 10.